The van der Waals surface area contributed by atoms with Crippen molar-refractivity contribution in [3.8, 4) is 6.07 Å². The van der Waals surface area contributed by atoms with Crippen LogP contribution in [0, 0.1) is 11.3 Å². The third-order valence-corrected chi connectivity index (χ3v) is 2.05. The minimum absolute atomic E-state index is 0.394. The van der Waals surface area contributed by atoms with Crippen molar-refractivity contribution in [2.24, 2.45) is 0 Å². The van der Waals surface area contributed by atoms with Gasteiger partial charge in [0.15, 0.2) is 0 Å². The van der Waals surface area contributed by atoms with Crippen molar-refractivity contribution in [1.82, 2.24) is 4.98 Å². The molecule has 86 valence electrons. The summed E-state index contributed by atoms with van der Waals surface area (Å²) in [5.74, 6) is 0. The number of aromatic nitrogens is 1. The van der Waals surface area contributed by atoms with Crippen LogP contribution in [-0.4, -0.2) is 4.98 Å². The molecule has 0 aliphatic carbocycles. The molecule has 1 aromatic heterocycles. The molecule has 0 aliphatic rings. The Morgan fingerprint density at radius 2 is 1.94 bits per heavy atom. The first-order chi connectivity index (χ1) is 7.27. The van der Waals surface area contributed by atoms with Crippen molar-refractivity contribution in [2.75, 3.05) is 0 Å². The lowest BCUT2D eigenvalue weighted by Crippen LogP contribution is -2.11. The van der Waals surface area contributed by atoms with Crippen molar-refractivity contribution in [2.45, 2.75) is 12.6 Å². The summed E-state index contributed by atoms with van der Waals surface area (Å²) < 4.78 is 61.6. The number of hydrogen-bond donors (Lipinski definition) is 0. The Hall–Kier alpha value is -1.23. The Morgan fingerprint density at radius 1 is 1.38 bits per heavy atom. The second-order valence-corrected chi connectivity index (χ2v) is 3.48. The van der Waals surface area contributed by atoms with Crippen LogP contribution in [0.3, 0.4) is 0 Å². The molecule has 1 heterocycles. The van der Waals surface area contributed by atoms with E-state index in [4.69, 9.17) is 5.26 Å². The van der Waals surface area contributed by atoms with E-state index in [0.29, 0.717) is 6.07 Å². The summed E-state index contributed by atoms with van der Waals surface area (Å²) >= 11 is 2.58. The maximum Gasteiger partial charge on any atom is 0.417 e. The van der Waals surface area contributed by atoms with Gasteiger partial charge in [0.05, 0.1) is 11.1 Å². The van der Waals surface area contributed by atoms with Crippen LogP contribution in [0.25, 0.3) is 0 Å². The third kappa shape index (κ3) is 2.47. The summed E-state index contributed by atoms with van der Waals surface area (Å²) in [6.07, 6.45) is -8.12. The minimum atomic E-state index is -4.87. The first-order valence-corrected chi connectivity index (χ1v) is 4.52. The molecule has 16 heavy (non-hydrogen) atoms. The normalized spacial score (nSPS) is 11.6. The van der Waals surface area contributed by atoms with Crippen LogP contribution in [0.5, 0.6) is 0 Å². The second kappa shape index (κ2) is 4.33. The summed E-state index contributed by atoms with van der Waals surface area (Å²) in [5, 5.41) is 8.46. The Kier molecular flexibility index (Phi) is 3.48. The van der Waals surface area contributed by atoms with Crippen LogP contribution in [0.2, 0.25) is 0 Å². The largest absolute Gasteiger partial charge is 0.417 e. The number of nitriles is 1. The third-order valence-electron chi connectivity index (χ3n) is 1.64. The SMILES string of the molecule is N#Cc1c(C(F)(F)F)cc(Br)nc1C(F)F. The smallest absolute Gasteiger partial charge is 0.238 e. The highest BCUT2D eigenvalue weighted by atomic mass is 79.9. The molecular formula is C8H2BrF5N2. The molecule has 0 radical (unpaired) electrons. The molecule has 2 nitrogen and oxygen atoms in total. The Labute approximate surface area is 94.8 Å². The monoisotopic (exact) mass is 300 g/mol. The molecule has 0 spiro atoms. The molecule has 0 fully saturated rings. The van der Waals surface area contributed by atoms with Gasteiger partial charge < -0.3 is 0 Å². The van der Waals surface area contributed by atoms with E-state index >= 15 is 0 Å². The van der Waals surface area contributed by atoms with Gasteiger partial charge in [-0.2, -0.15) is 18.4 Å². The highest BCUT2D eigenvalue weighted by Gasteiger charge is 2.36. The van der Waals surface area contributed by atoms with E-state index in [9.17, 15) is 22.0 Å². The molecule has 0 atom stereocenters. The van der Waals surface area contributed by atoms with Crippen molar-refractivity contribution in [3.63, 3.8) is 0 Å². The van der Waals surface area contributed by atoms with Crippen molar-refractivity contribution < 1.29 is 22.0 Å². The maximum absolute atomic E-state index is 12.4. The van der Waals surface area contributed by atoms with E-state index in [2.05, 4.69) is 20.9 Å². The molecule has 0 amide bonds. The van der Waals surface area contributed by atoms with Crippen molar-refractivity contribution >= 4 is 15.9 Å². The molecule has 0 aromatic carbocycles. The van der Waals surface area contributed by atoms with Gasteiger partial charge in [0, 0.05) is 0 Å². The van der Waals surface area contributed by atoms with E-state index < -0.39 is 34.0 Å². The zero-order valence-electron chi connectivity index (χ0n) is 7.32. The highest BCUT2D eigenvalue weighted by Crippen LogP contribution is 2.36. The Morgan fingerprint density at radius 3 is 2.31 bits per heavy atom. The average Bonchev–Trinajstić information content (AvgIpc) is 2.14. The minimum Gasteiger partial charge on any atom is -0.238 e. The number of halogens is 6. The molecule has 0 unspecified atom stereocenters. The van der Waals surface area contributed by atoms with Gasteiger partial charge in [-0.3, -0.25) is 0 Å². The number of rotatable bonds is 1. The summed E-state index contributed by atoms with van der Waals surface area (Å²) in [5.41, 5.74) is -3.75. The first-order valence-electron chi connectivity index (χ1n) is 3.73. The van der Waals surface area contributed by atoms with Crippen LogP contribution in [0.15, 0.2) is 10.7 Å². The number of nitrogens with zero attached hydrogens (tertiary/aromatic N) is 2. The Bertz CT molecular complexity index is 449. The molecule has 0 saturated carbocycles. The second-order valence-electron chi connectivity index (χ2n) is 2.66. The molecule has 0 bridgehead atoms. The average molecular weight is 301 g/mol. The van der Waals surface area contributed by atoms with Gasteiger partial charge in [-0.1, -0.05) is 0 Å². The van der Waals surface area contributed by atoms with Crippen LogP contribution in [0.1, 0.15) is 23.2 Å². The lowest BCUT2D eigenvalue weighted by atomic mass is 10.1. The lowest BCUT2D eigenvalue weighted by molar-refractivity contribution is -0.138. The van der Waals surface area contributed by atoms with Gasteiger partial charge >= 0.3 is 6.18 Å². The zero-order valence-corrected chi connectivity index (χ0v) is 8.90. The summed E-state index contributed by atoms with van der Waals surface area (Å²) in [6.45, 7) is 0. The van der Waals surface area contributed by atoms with Crippen LogP contribution in [0.4, 0.5) is 22.0 Å². The quantitative estimate of drug-likeness (QED) is 0.586. The topological polar surface area (TPSA) is 36.7 Å². The molecule has 1 aromatic rings. The maximum atomic E-state index is 12.4. The predicted molar refractivity (Wildman–Crippen MR) is 46.6 cm³/mol. The molecule has 0 N–H and O–H groups in total. The summed E-state index contributed by atoms with van der Waals surface area (Å²) in [4.78, 5) is 3.16. The van der Waals surface area contributed by atoms with E-state index in [1.165, 1.54) is 0 Å². The lowest BCUT2D eigenvalue weighted by Gasteiger charge is -2.11. The van der Waals surface area contributed by atoms with E-state index in [1.54, 1.807) is 0 Å². The molecule has 0 aliphatic heterocycles. The molecular weight excluding hydrogens is 299 g/mol. The summed E-state index contributed by atoms with van der Waals surface area (Å²) in [7, 11) is 0. The van der Waals surface area contributed by atoms with Crippen LogP contribution >= 0.6 is 15.9 Å². The van der Waals surface area contributed by atoms with Gasteiger partial charge in [0.1, 0.15) is 16.4 Å². The summed E-state index contributed by atoms with van der Waals surface area (Å²) in [6, 6.07) is 1.59. The van der Waals surface area contributed by atoms with Gasteiger partial charge in [-0.15, -0.1) is 0 Å². The fraction of sp³-hybridized carbons (Fsp3) is 0.250. The van der Waals surface area contributed by atoms with Gasteiger partial charge in [-0.25, -0.2) is 13.8 Å². The van der Waals surface area contributed by atoms with Crippen LogP contribution < -0.4 is 0 Å². The molecule has 8 heteroatoms. The molecule has 1 rings (SSSR count). The van der Waals surface area contributed by atoms with Crippen molar-refractivity contribution in [3.05, 3.63) is 27.5 Å². The van der Waals surface area contributed by atoms with E-state index in [-0.39, 0.29) is 0 Å². The van der Waals surface area contributed by atoms with E-state index in [0.717, 1.165) is 6.07 Å². The highest BCUT2D eigenvalue weighted by molar-refractivity contribution is 9.10. The van der Waals surface area contributed by atoms with Gasteiger partial charge in [-0.05, 0) is 22.0 Å². The fourth-order valence-corrected chi connectivity index (χ4v) is 1.45. The standard InChI is InChI=1S/C8H2BrF5N2/c9-5-1-4(8(12,13)14)3(2-15)6(16-5)7(10)11/h1,7H. The number of pyridine rings is 1. The van der Waals surface area contributed by atoms with Gasteiger partial charge in [0.25, 0.3) is 6.43 Å². The predicted octanol–water partition coefficient (Wildman–Crippen LogP) is 3.67. The Balaban J connectivity index is 3.57. The fourth-order valence-electron chi connectivity index (χ4n) is 1.03. The van der Waals surface area contributed by atoms with Crippen LogP contribution in [-0.2, 0) is 6.18 Å². The zero-order chi connectivity index (χ0) is 12.5. The molecule has 0 saturated heterocycles. The van der Waals surface area contributed by atoms with Crippen molar-refractivity contribution in [1.29, 1.82) is 5.26 Å². The van der Waals surface area contributed by atoms with E-state index in [1.807, 2.05) is 0 Å². The van der Waals surface area contributed by atoms with Gasteiger partial charge in [0.2, 0.25) is 0 Å². The first kappa shape index (κ1) is 12.8. The number of hydrogen-bond acceptors (Lipinski definition) is 2. The number of alkyl halides is 5.